The Morgan fingerprint density at radius 3 is 2.67 bits per heavy atom. The first kappa shape index (κ1) is 15.7. The zero-order valence-electron chi connectivity index (χ0n) is 13.4. The molecule has 24 heavy (non-hydrogen) atoms. The lowest BCUT2D eigenvalue weighted by Crippen LogP contribution is -2.20. The van der Waals surface area contributed by atoms with Gasteiger partial charge in [-0.1, -0.05) is 30.3 Å². The number of hydrogen-bond donors (Lipinski definition) is 1. The predicted molar refractivity (Wildman–Crippen MR) is 93.8 cm³/mol. The van der Waals surface area contributed by atoms with E-state index >= 15 is 0 Å². The van der Waals surface area contributed by atoms with Gasteiger partial charge in [-0.2, -0.15) is 5.10 Å². The maximum absolute atomic E-state index is 11.9. The molecule has 0 saturated carbocycles. The van der Waals surface area contributed by atoms with Crippen LogP contribution < -0.4 is 5.32 Å². The molecule has 0 unspecified atom stereocenters. The third-order valence-electron chi connectivity index (χ3n) is 3.58. The summed E-state index contributed by atoms with van der Waals surface area (Å²) in [5, 5.41) is 7.28. The van der Waals surface area contributed by atoms with Gasteiger partial charge >= 0.3 is 0 Å². The second-order valence-corrected chi connectivity index (χ2v) is 5.34. The van der Waals surface area contributed by atoms with E-state index in [1.54, 1.807) is 23.2 Å². The molecule has 1 aromatic carbocycles. The molecule has 5 heteroatoms. The predicted octanol–water partition coefficient (Wildman–Crippen LogP) is 2.81. The zero-order valence-corrected chi connectivity index (χ0v) is 13.4. The fourth-order valence-electron chi connectivity index (χ4n) is 2.38. The summed E-state index contributed by atoms with van der Waals surface area (Å²) in [5.41, 5.74) is 3.83. The molecule has 0 saturated heterocycles. The Labute approximate surface area is 140 Å². The van der Waals surface area contributed by atoms with E-state index in [1.165, 1.54) is 6.08 Å². The van der Waals surface area contributed by atoms with Crippen LogP contribution in [0.5, 0.6) is 0 Å². The van der Waals surface area contributed by atoms with Gasteiger partial charge in [0.1, 0.15) is 0 Å². The highest BCUT2D eigenvalue weighted by Crippen LogP contribution is 2.18. The first-order chi connectivity index (χ1) is 11.7. The summed E-state index contributed by atoms with van der Waals surface area (Å²) in [6.45, 7) is 0.386. The lowest BCUT2D eigenvalue weighted by Gasteiger charge is -1.99. The third kappa shape index (κ3) is 3.95. The Hall–Kier alpha value is -3.21. The largest absolute Gasteiger partial charge is 0.347 e. The molecular formula is C19H18N4O. The zero-order chi connectivity index (χ0) is 16.8. The molecule has 0 atom stereocenters. The maximum Gasteiger partial charge on any atom is 0.244 e. The molecule has 0 aliphatic heterocycles. The normalized spacial score (nSPS) is 10.9. The van der Waals surface area contributed by atoms with Crippen molar-refractivity contribution in [2.75, 3.05) is 0 Å². The van der Waals surface area contributed by atoms with Crippen molar-refractivity contribution in [2.45, 2.75) is 6.54 Å². The second-order valence-electron chi connectivity index (χ2n) is 5.34. The van der Waals surface area contributed by atoms with E-state index in [1.807, 2.05) is 55.6 Å². The van der Waals surface area contributed by atoms with Crippen LogP contribution in [-0.4, -0.2) is 20.7 Å². The standard InChI is InChI=1S/C19H18N4O/c1-23-18(16-9-11-20-12-10-16)13-17(22-23)14-21-19(24)8-7-15-5-3-2-4-6-15/h2-13H,14H2,1H3,(H,21,24)/b8-7+. The highest BCUT2D eigenvalue weighted by atomic mass is 16.1. The number of rotatable bonds is 5. The lowest BCUT2D eigenvalue weighted by atomic mass is 10.2. The van der Waals surface area contributed by atoms with Gasteiger partial charge in [-0.25, -0.2) is 0 Å². The van der Waals surface area contributed by atoms with Gasteiger partial charge in [-0.05, 0) is 29.8 Å². The molecule has 2 heterocycles. The fraction of sp³-hybridized carbons (Fsp3) is 0.105. The van der Waals surface area contributed by atoms with Crippen molar-refractivity contribution in [3.63, 3.8) is 0 Å². The van der Waals surface area contributed by atoms with Crippen LogP contribution in [0.2, 0.25) is 0 Å². The number of amides is 1. The van der Waals surface area contributed by atoms with Crippen LogP contribution in [0.25, 0.3) is 17.3 Å². The van der Waals surface area contributed by atoms with Gasteiger partial charge < -0.3 is 5.32 Å². The van der Waals surface area contributed by atoms with Crippen molar-refractivity contribution in [3.05, 3.63) is 78.3 Å². The monoisotopic (exact) mass is 318 g/mol. The third-order valence-corrected chi connectivity index (χ3v) is 3.58. The van der Waals surface area contributed by atoms with E-state index in [0.717, 1.165) is 22.5 Å². The smallest absolute Gasteiger partial charge is 0.244 e. The number of benzene rings is 1. The Morgan fingerprint density at radius 1 is 1.17 bits per heavy atom. The van der Waals surface area contributed by atoms with Crippen molar-refractivity contribution in [3.8, 4) is 11.3 Å². The Kier molecular flexibility index (Phi) is 4.81. The Balaban J connectivity index is 1.61. The molecule has 120 valence electrons. The average molecular weight is 318 g/mol. The maximum atomic E-state index is 11.9. The number of nitrogens with zero attached hydrogens (tertiary/aromatic N) is 3. The van der Waals surface area contributed by atoms with Crippen molar-refractivity contribution >= 4 is 12.0 Å². The molecule has 0 aliphatic rings. The molecule has 1 amide bonds. The van der Waals surface area contributed by atoms with Crippen LogP contribution in [0, 0.1) is 0 Å². The van der Waals surface area contributed by atoms with Crippen LogP contribution >= 0.6 is 0 Å². The van der Waals surface area contributed by atoms with E-state index < -0.39 is 0 Å². The minimum absolute atomic E-state index is 0.144. The molecule has 0 spiro atoms. The van der Waals surface area contributed by atoms with Crippen LogP contribution in [0.15, 0.2) is 67.0 Å². The van der Waals surface area contributed by atoms with Gasteiger partial charge in [-0.3, -0.25) is 14.5 Å². The molecule has 3 rings (SSSR count). The number of aromatic nitrogens is 3. The van der Waals surface area contributed by atoms with Crippen LogP contribution in [0.3, 0.4) is 0 Å². The summed E-state index contributed by atoms with van der Waals surface area (Å²) in [6, 6.07) is 15.5. The summed E-state index contributed by atoms with van der Waals surface area (Å²) >= 11 is 0. The van der Waals surface area contributed by atoms with Gasteiger partial charge in [-0.15, -0.1) is 0 Å². The number of carbonyl (C=O) groups is 1. The summed E-state index contributed by atoms with van der Waals surface area (Å²) < 4.78 is 1.80. The van der Waals surface area contributed by atoms with E-state index in [2.05, 4.69) is 15.4 Å². The molecule has 1 N–H and O–H groups in total. The Bertz CT molecular complexity index is 838. The minimum atomic E-state index is -0.144. The van der Waals surface area contributed by atoms with E-state index in [0.29, 0.717) is 6.54 Å². The van der Waals surface area contributed by atoms with Gasteiger partial charge in [0.05, 0.1) is 17.9 Å². The number of pyridine rings is 1. The molecule has 0 bridgehead atoms. The van der Waals surface area contributed by atoms with Crippen molar-refractivity contribution in [1.29, 1.82) is 0 Å². The van der Waals surface area contributed by atoms with Gasteiger partial charge in [0, 0.05) is 31.1 Å². The van der Waals surface area contributed by atoms with E-state index in [9.17, 15) is 4.79 Å². The van der Waals surface area contributed by atoms with Gasteiger partial charge in [0.25, 0.3) is 0 Å². The molecule has 2 aromatic heterocycles. The first-order valence-electron chi connectivity index (χ1n) is 7.66. The van der Waals surface area contributed by atoms with Crippen LogP contribution in [0.4, 0.5) is 0 Å². The molecule has 0 fully saturated rings. The van der Waals surface area contributed by atoms with Crippen molar-refractivity contribution in [1.82, 2.24) is 20.1 Å². The van der Waals surface area contributed by atoms with Gasteiger partial charge in [0.2, 0.25) is 5.91 Å². The average Bonchev–Trinajstić information content (AvgIpc) is 3.00. The van der Waals surface area contributed by atoms with Crippen molar-refractivity contribution < 1.29 is 4.79 Å². The summed E-state index contributed by atoms with van der Waals surface area (Å²) in [5.74, 6) is -0.144. The molecule has 0 radical (unpaired) electrons. The first-order valence-corrected chi connectivity index (χ1v) is 7.66. The topological polar surface area (TPSA) is 59.8 Å². The van der Waals surface area contributed by atoms with Crippen molar-refractivity contribution in [2.24, 2.45) is 7.05 Å². The van der Waals surface area contributed by atoms with E-state index in [4.69, 9.17) is 0 Å². The second kappa shape index (κ2) is 7.37. The summed E-state index contributed by atoms with van der Waals surface area (Å²) in [7, 11) is 1.89. The lowest BCUT2D eigenvalue weighted by molar-refractivity contribution is -0.116. The van der Waals surface area contributed by atoms with Crippen LogP contribution in [-0.2, 0) is 18.4 Å². The molecule has 3 aromatic rings. The highest BCUT2D eigenvalue weighted by Gasteiger charge is 2.07. The number of carbonyl (C=O) groups excluding carboxylic acids is 1. The van der Waals surface area contributed by atoms with E-state index in [-0.39, 0.29) is 5.91 Å². The Morgan fingerprint density at radius 2 is 1.92 bits per heavy atom. The minimum Gasteiger partial charge on any atom is -0.347 e. The molecular weight excluding hydrogens is 300 g/mol. The molecule has 5 nitrogen and oxygen atoms in total. The van der Waals surface area contributed by atoms with Crippen LogP contribution in [0.1, 0.15) is 11.3 Å². The number of nitrogens with one attached hydrogen (secondary N) is 1. The summed E-state index contributed by atoms with van der Waals surface area (Å²) in [4.78, 5) is 15.9. The quantitative estimate of drug-likeness (QED) is 0.736. The number of aryl methyl sites for hydroxylation is 1. The molecule has 0 aliphatic carbocycles. The number of hydrogen-bond acceptors (Lipinski definition) is 3. The highest BCUT2D eigenvalue weighted by molar-refractivity contribution is 5.91. The van der Waals surface area contributed by atoms with Gasteiger partial charge in [0.15, 0.2) is 0 Å². The fourth-order valence-corrected chi connectivity index (χ4v) is 2.38. The SMILES string of the molecule is Cn1nc(CNC(=O)/C=C/c2ccccc2)cc1-c1ccncc1. The summed E-state index contributed by atoms with van der Waals surface area (Å²) in [6.07, 6.45) is 6.81.